The first-order chi connectivity index (χ1) is 9.56. The van der Waals surface area contributed by atoms with Gasteiger partial charge in [0.25, 0.3) is 0 Å². The van der Waals surface area contributed by atoms with Crippen LogP contribution in [0.4, 0.5) is 0 Å². The van der Waals surface area contributed by atoms with Crippen molar-refractivity contribution in [2.45, 2.75) is 4.90 Å². The molecule has 3 aromatic rings. The lowest BCUT2D eigenvalue weighted by atomic mass is 10.1. The van der Waals surface area contributed by atoms with Crippen molar-refractivity contribution < 1.29 is 8.76 Å². The molecule has 0 saturated heterocycles. The number of benzene rings is 1. The fraction of sp³-hybridized carbons (Fsp3) is 0. The van der Waals surface area contributed by atoms with Gasteiger partial charge in [-0.05, 0) is 34.1 Å². The van der Waals surface area contributed by atoms with Gasteiger partial charge in [0.1, 0.15) is 5.15 Å². The van der Waals surface area contributed by atoms with Crippen LogP contribution in [0.25, 0.3) is 22.2 Å². The van der Waals surface area contributed by atoms with E-state index in [1.54, 1.807) is 24.3 Å². The molecule has 4 nitrogen and oxygen atoms in total. The first kappa shape index (κ1) is 13.8. The Kier molecular flexibility index (Phi) is 3.64. The molecule has 0 bridgehead atoms. The molecule has 1 atom stereocenters. The van der Waals surface area contributed by atoms with Crippen LogP contribution in [0.2, 0.25) is 5.15 Å². The van der Waals surface area contributed by atoms with Crippen molar-refractivity contribution in [2.24, 2.45) is 0 Å². The highest BCUT2D eigenvalue weighted by Crippen LogP contribution is 2.34. The van der Waals surface area contributed by atoms with Crippen LogP contribution in [0.1, 0.15) is 0 Å². The summed E-state index contributed by atoms with van der Waals surface area (Å²) in [4.78, 5) is 7.69. The molecule has 0 saturated carbocycles. The maximum absolute atomic E-state index is 11.5. The predicted octanol–water partition coefficient (Wildman–Crippen LogP) is 4.23. The van der Waals surface area contributed by atoms with E-state index in [4.69, 9.17) is 11.6 Å². The molecule has 0 radical (unpaired) electrons. The maximum atomic E-state index is 11.5. The Labute approximate surface area is 130 Å². The van der Waals surface area contributed by atoms with Crippen molar-refractivity contribution in [1.82, 2.24) is 9.97 Å². The summed E-state index contributed by atoms with van der Waals surface area (Å²) < 4.78 is 21.7. The molecule has 1 aromatic carbocycles. The molecular formula is C13H8BrClN2O2S. The topological polar surface area (TPSA) is 66.0 Å². The molecule has 2 heterocycles. The number of hydrogen-bond acceptors (Lipinski definition) is 2. The lowest BCUT2D eigenvalue weighted by molar-refractivity contribution is 0.564. The molecule has 0 spiro atoms. The number of rotatable bonds is 2. The van der Waals surface area contributed by atoms with Gasteiger partial charge < -0.3 is 9.54 Å². The van der Waals surface area contributed by atoms with E-state index < -0.39 is 11.1 Å². The SMILES string of the molecule is O=S(O)c1ccccc1-c1cc(Cl)nc2cc(Br)[nH]c12. The van der Waals surface area contributed by atoms with E-state index in [1.165, 1.54) is 0 Å². The Morgan fingerprint density at radius 3 is 2.75 bits per heavy atom. The molecule has 3 rings (SSSR count). The normalized spacial score (nSPS) is 12.8. The Morgan fingerprint density at radius 1 is 1.25 bits per heavy atom. The molecule has 102 valence electrons. The van der Waals surface area contributed by atoms with Gasteiger partial charge in [-0.3, -0.25) is 0 Å². The number of nitrogens with one attached hydrogen (secondary N) is 1. The van der Waals surface area contributed by atoms with E-state index in [9.17, 15) is 8.76 Å². The highest BCUT2D eigenvalue weighted by atomic mass is 79.9. The van der Waals surface area contributed by atoms with Gasteiger partial charge in [0, 0.05) is 11.1 Å². The molecule has 0 fully saturated rings. The maximum Gasteiger partial charge on any atom is 0.187 e. The smallest absolute Gasteiger partial charge is 0.187 e. The van der Waals surface area contributed by atoms with Gasteiger partial charge in [-0.15, -0.1) is 0 Å². The number of hydrogen-bond donors (Lipinski definition) is 2. The summed E-state index contributed by atoms with van der Waals surface area (Å²) in [5.74, 6) is 0. The van der Waals surface area contributed by atoms with E-state index in [1.807, 2.05) is 12.1 Å². The number of aromatic nitrogens is 2. The van der Waals surface area contributed by atoms with Crippen molar-refractivity contribution in [3.05, 3.63) is 46.2 Å². The summed E-state index contributed by atoms with van der Waals surface area (Å²) in [6, 6.07) is 10.4. The number of nitrogens with zero attached hydrogens (tertiary/aromatic N) is 1. The number of aromatic amines is 1. The molecule has 0 aliphatic carbocycles. The third kappa shape index (κ3) is 2.40. The van der Waals surface area contributed by atoms with E-state index in [-0.39, 0.29) is 0 Å². The minimum atomic E-state index is -2.07. The van der Waals surface area contributed by atoms with Crippen LogP contribution in [-0.4, -0.2) is 18.7 Å². The lowest BCUT2D eigenvalue weighted by Crippen LogP contribution is -1.94. The van der Waals surface area contributed by atoms with Gasteiger partial charge in [0.05, 0.1) is 20.5 Å². The molecule has 2 aromatic heterocycles. The van der Waals surface area contributed by atoms with E-state index in [2.05, 4.69) is 25.9 Å². The standard InChI is InChI=1S/C13H8BrClN2O2S/c14-11-6-9-13(17-11)8(5-12(15)16-9)7-3-1-2-4-10(7)20(18)19/h1-6,17H,(H,18,19). The second-order valence-corrected chi connectivity index (χ2v) is 6.30. The van der Waals surface area contributed by atoms with Gasteiger partial charge in [0.2, 0.25) is 0 Å². The first-order valence-corrected chi connectivity index (χ1v) is 7.89. The van der Waals surface area contributed by atoms with Gasteiger partial charge in [-0.2, -0.15) is 0 Å². The largest absolute Gasteiger partial charge is 0.347 e. The first-order valence-electron chi connectivity index (χ1n) is 5.61. The monoisotopic (exact) mass is 370 g/mol. The predicted molar refractivity (Wildman–Crippen MR) is 83.3 cm³/mol. The van der Waals surface area contributed by atoms with E-state index in [0.29, 0.717) is 21.1 Å². The molecule has 20 heavy (non-hydrogen) atoms. The summed E-state index contributed by atoms with van der Waals surface area (Å²) in [5.41, 5.74) is 2.85. The average molecular weight is 372 g/mol. The molecule has 0 aliphatic heterocycles. The van der Waals surface area contributed by atoms with Crippen molar-refractivity contribution in [1.29, 1.82) is 0 Å². The Morgan fingerprint density at radius 2 is 2.00 bits per heavy atom. The van der Waals surface area contributed by atoms with Crippen molar-refractivity contribution in [2.75, 3.05) is 0 Å². The van der Waals surface area contributed by atoms with Crippen molar-refractivity contribution >= 4 is 49.6 Å². The minimum Gasteiger partial charge on any atom is -0.347 e. The third-order valence-electron chi connectivity index (χ3n) is 2.89. The Balaban J connectivity index is 2.37. The zero-order chi connectivity index (χ0) is 14.3. The quantitative estimate of drug-likeness (QED) is 0.523. The summed E-state index contributed by atoms with van der Waals surface area (Å²) in [5, 5.41) is 0.331. The highest BCUT2D eigenvalue weighted by Gasteiger charge is 2.15. The van der Waals surface area contributed by atoms with Crippen LogP contribution in [-0.2, 0) is 11.1 Å². The fourth-order valence-corrected chi connectivity index (χ4v) is 3.27. The van der Waals surface area contributed by atoms with E-state index >= 15 is 0 Å². The van der Waals surface area contributed by atoms with Crippen LogP contribution < -0.4 is 0 Å². The molecule has 0 amide bonds. The average Bonchev–Trinajstić information content (AvgIpc) is 2.77. The Bertz CT molecular complexity index is 834. The zero-order valence-electron chi connectivity index (χ0n) is 9.93. The molecular weight excluding hydrogens is 364 g/mol. The summed E-state index contributed by atoms with van der Waals surface area (Å²) in [7, 11) is 0. The summed E-state index contributed by atoms with van der Waals surface area (Å²) in [6.45, 7) is 0. The zero-order valence-corrected chi connectivity index (χ0v) is 13.1. The van der Waals surface area contributed by atoms with Crippen LogP contribution in [0.3, 0.4) is 0 Å². The fourth-order valence-electron chi connectivity index (χ4n) is 2.10. The number of halogens is 2. The van der Waals surface area contributed by atoms with Gasteiger partial charge in [-0.25, -0.2) is 9.19 Å². The molecule has 1 unspecified atom stereocenters. The number of fused-ring (bicyclic) bond motifs is 1. The lowest BCUT2D eigenvalue weighted by Gasteiger charge is -2.08. The van der Waals surface area contributed by atoms with Crippen LogP contribution in [0.5, 0.6) is 0 Å². The van der Waals surface area contributed by atoms with Crippen molar-refractivity contribution in [3.63, 3.8) is 0 Å². The molecule has 0 aliphatic rings. The summed E-state index contributed by atoms with van der Waals surface area (Å²) >= 11 is 7.32. The molecule has 2 N–H and O–H groups in total. The minimum absolute atomic E-state index is 0.331. The Hall–Kier alpha value is -1.21. The van der Waals surface area contributed by atoms with Gasteiger partial charge >= 0.3 is 0 Å². The number of H-pyrrole nitrogens is 1. The highest BCUT2D eigenvalue weighted by molar-refractivity contribution is 9.10. The summed E-state index contributed by atoms with van der Waals surface area (Å²) in [6.07, 6.45) is 0. The van der Waals surface area contributed by atoms with Crippen LogP contribution >= 0.6 is 27.5 Å². The van der Waals surface area contributed by atoms with Gasteiger partial charge in [0.15, 0.2) is 11.1 Å². The van der Waals surface area contributed by atoms with E-state index in [0.717, 1.165) is 15.7 Å². The van der Waals surface area contributed by atoms with Crippen LogP contribution in [0, 0.1) is 0 Å². The second kappa shape index (κ2) is 5.29. The number of pyridine rings is 1. The second-order valence-electron chi connectivity index (χ2n) is 4.12. The third-order valence-corrected chi connectivity index (χ3v) is 4.24. The van der Waals surface area contributed by atoms with Gasteiger partial charge in [-0.1, -0.05) is 29.8 Å². The van der Waals surface area contributed by atoms with Crippen LogP contribution in [0.15, 0.2) is 45.9 Å². The van der Waals surface area contributed by atoms with Crippen molar-refractivity contribution in [3.8, 4) is 11.1 Å². The molecule has 7 heteroatoms.